The summed E-state index contributed by atoms with van der Waals surface area (Å²) in [6, 6.07) is 0. The van der Waals surface area contributed by atoms with Crippen molar-refractivity contribution in [3.8, 4) is 0 Å². The molecule has 206 valence electrons. The van der Waals surface area contributed by atoms with Gasteiger partial charge in [0.25, 0.3) is 0 Å². The summed E-state index contributed by atoms with van der Waals surface area (Å²) in [5.41, 5.74) is 0.559. The summed E-state index contributed by atoms with van der Waals surface area (Å²) in [5, 5.41) is 2.58. The molecule has 0 rings (SSSR count). The van der Waals surface area contributed by atoms with Gasteiger partial charge in [-0.2, -0.15) is 0 Å². The van der Waals surface area contributed by atoms with Crippen molar-refractivity contribution in [2.45, 2.75) is 88.5 Å². The second-order valence-electron chi connectivity index (χ2n) is 12.3. The third kappa shape index (κ3) is 44.1. The topological polar surface area (TPSA) is 79.0 Å². The molecule has 0 radical (unpaired) electrons. The largest absolute Gasteiger partial charge is 0.469 e. The van der Waals surface area contributed by atoms with E-state index in [1.807, 2.05) is 48.5 Å². The van der Waals surface area contributed by atoms with Crippen molar-refractivity contribution in [3.05, 3.63) is 0 Å². The van der Waals surface area contributed by atoms with E-state index < -0.39 is 0 Å². The lowest BCUT2D eigenvalue weighted by molar-refractivity contribution is -0.141. The molecule has 0 aromatic rings. The molecule has 0 saturated carbocycles. The lowest BCUT2D eigenvalue weighted by Crippen LogP contribution is -2.25. The number of methoxy groups -OCH3 is 1. The average Bonchev–Trinajstić information content (AvgIpc) is 2.58. The Balaban J connectivity index is -0.000000177. The molecule has 0 unspecified atom stereocenters. The standard InChI is InChI=1S/2C7H15NO.C7H17N.C6H12O2/c1-7(2,3)5-6(9)8-4;1-6(2)5-7(9)8(3)4;1-7(2,3)6-8(4)5;1-5(2)4-6(7)8-3/h5H2,1-4H3,(H,8,9);6H,5H2,1-4H3;6H2,1-5H3;5H,4H2,1-3H3. The van der Waals surface area contributed by atoms with Crippen LogP contribution in [0.3, 0.4) is 0 Å². The van der Waals surface area contributed by atoms with E-state index in [1.165, 1.54) is 7.11 Å². The summed E-state index contributed by atoms with van der Waals surface area (Å²) in [6.07, 6.45) is 1.78. The van der Waals surface area contributed by atoms with Crippen molar-refractivity contribution >= 4 is 17.8 Å². The Bertz CT molecular complexity index is 529. The normalized spacial score (nSPS) is 10.8. The fourth-order valence-corrected chi connectivity index (χ4v) is 2.47. The molecule has 0 heterocycles. The van der Waals surface area contributed by atoms with Crippen molar-refractivity contribution in [1.82, 2.24) is 15.1 Å². The number of carbonyl (C=O) groups excluding carboxylic acids is 3. The fourth-order valence-electron chi connectivity index (χ4n) is 2.47. The number of esters is 1. The summed E-state index contributed by atoms with van der Waals surface area (Å²) in [7, 11) is 10.8. The van der Waals surface area contributed by atoms with Crippen LogP contribution in [-0.4, -0.2) is 76.5 Å². The molecule has 7 nitrogen and oxygen atoms in total. The van der Waals surface area contributed by atoms with Gasteiger partial charge >= 0.3 is 5.97 Å². The molecular formula is C27H59N3O4. The van der Waals surface area contributed by atoms with Crippen molar-refractivity contribution in [2.24, 2.45) is 22.7 Å². The van der Waals surface area contributed by atoms with E-state index in [0.29, 0.717) is 36.5 Å². The van der Waals surface area contributed by atoms with Gasteiger partial charge in [0.15, 0.2) is 0 Å². The van der Waals surface area contributed by atoms with E-state index in [2.05, 4.69) is 49.8 Å². The second-order valence-corrected chi connectivity index (χ2v) is 12.3. The van der Waals surface area contributed by atoms with Crippen LogP contribution in [0.4, 0.5) is 0 Å². The minimum Gasteiger partial charge on any atom is -0.469 e. The zero-order valence-corrected chi connectivity index (χ0v) is 25.5. The molecule has 34 heavy (non-hydrogen) atoms. The quantitative estimate of drug-likeness (QED) is 0.526. The van der Waals surface area contributed by atoms with Gasteiger partial charge in [0, 0.05) is 47.0 Å². The maximum atomic E-state index is 10.9. The van der Waals surface area contributed by atoms with Crippen LogP contribution >= 0.6 is 0 Å². The van der Waals surface area contributed by atoms with Gasteiger partial charge in [-0.3, -0.25) is 14.4 Å². The van der Waals surface area contributed by atoms with Crippen LogP contribution in [0.1, 0.15) is 88.5 Å². The monoisotopic (exact) mass is 489 g/mol. The van der Waals surface area contributed by atoms with Gasteiger partial charge in [-0.15, -0.1) is 0 Å². The Morgan fingerprint density at radius 3 is 1.29 bits per heavy atom. The van der Waals surface area contributed by atoms with Crippen LogP contribution in [0.15, 0.2) is 0 Å². The van der Waals surface area contributed by atoms with Crippen molar-refractivity contribution in [1.29, 1.82) is 0 Å². The third-order valence-electron chi connectivity index (χ3n) is 3.64. The molecule has 0 atom stereocenters. The molecule has 7 heteroatoms. The molecule has 0 aliphatic carbocycles. The van der Waals surface area contributed by atoms with Gasteiger partial charge in [0.2, 0.25) is 11.8 Å². The molecule has 0 aliphatic rings. The summed E-state index contributed by atoms with van der Waals surface area (Å²) in [4.78, 5) is 35.8. The van der Waals surface area contributed by atoms with Gasteiger partial charge in [-0.05, 0) is 36.8 Å². The Hall–Kier alpha value is -1.63. The van der Waals surface area contributed by atoms with E-state index in [-0.39, 0.29) is 23.2 Å². The van der Waals surface area contributed by atoms with Gasteiger partial charge in [-0.1, -0.05) is 69.2 Å². The minimum atomic E-state index is -0.125. The molecular weight excluding hydrogens is 430 g/mol. The second kappa shape index (κ2) is 20.7. The first-order valence-corrected chi connectivity index (χ1v) is 12.2. The first kappa shape index (κ1) is 39.6. The van der Waals surface area contributed by atoms with Crippen LogP contribution in [0.2, 0.25) is 0 Å². The van der Waals surface area contributed by atoms with E-state index in [9.17, 15) is 14.4 Å². The van der Waals surface area contributed by atoms with Crippen LogP contribution in [0, 0.1) is 22.7 Å². The molecule has 1 N–H and O–H groups in total. The highest BCUT2D eigenvalue weighted by Gasteiger charge is 2.14. The smallest absolute Gasteiger partial charge is 0.305 e. The number of carbonyl (C=O) groups is 3. The van der Waals surface area contributed by atoms with E-state index in [4.69, 9.17) is 0 Å². The van der Waals surface area contributed by atoms with Crippen LogP contribution in [0.25, 0.3) is 0 Å². The summed E-state index contributed by atoms with van der Waals surface area (Å²) in [5.74, 6) is 1.08. The Labute approximate surface area is 212 Å². The highest BCUT2D eigenvalue weighted by molar-refractivity contribution is 5.76. The van der Waals surface area contributed by atoms with Crippen LogP contribution < -0.4 is 5.32 Å². The zero-order chi connectivity index (χ0) is 28.3. The first-order valence-electron chi connectivity index (χ1n) is 12.2. The maximum absolute atomic E-state index is 10.9. The molecule has 0 fully saturated rings. The van der Waals surface area contributed by atoms with Crippen LogP contribution in [0.5, 0.6) is 0 Å². The molecule has 0 bridgehead atoms. The molecule has 0 aromatic carbocycles. The van der Waals surface area contributed by atoms with Crippen LogP contribution in [-0.2, 0) is 19.1 Å². The molecule has 0 spiro atoms. The first-order chi connectivity index (χ1) is 15.1. The number of rotatable bonds is 6. The molecule has 2 amide bonds. The number of amides is 2. The molecule has 0 saturated heterocycles. The molecule has 0 aliphatic heterocycles. The minimum absolute atomic E-state index is 0.111. The average molecular weight is 490 g/mol. The van der Waals surface area contributed by atoms with Crippen molar-refractivity contribution in [2.75, 3.05) is 48.9 Å². The number of nitrogens with zero attached hydrogens (tertiary/aromatic N) is 2. The van der Waals surface area contributed by atoms with Crippen molar-refractivity contribution < 1.29 is 19.1 Å². The Morgan fingerprint density at radius 2 is 1.21 bits per heavy atom. The van der Waals surface area contributed by atoms with Gasteiger partial charge in [0.05, 0.1) is 7.11 Å². The summed E-state index contributed by atoms with van der Waals surface area (Å²) in [6.45, 7) is 22.1. The number of ether oxygens (including phenoxy) is 1. The van der Waals surface area contributed by atoms with Crippen molar-refractivity contribution in [3.63, 3.8) is 0 Å². The fraction of sp³-hybridized carbons (Fsp3) is 0.889. The SMILES string of the molecule is CC(C)CC(=O)N(C)C.CN(C)CC(C)(C)C.CNC(=O)CC(C)(C)C.COC(=O)CC(C)C. The van der Waals surface area contributed by atoms with E-state index in [0.717, 1.165) is 6.54 Å². The highest BCUT2D eigenvalue weighted by Crippen LogP contribution is 2.17. The maximum Gasteiger partial charge on any atom is 0.305 e. The van der Waals surface area contributed by atoms with E-state index >= 15 is 0 Å². The Morgan fingerprint density at radius 1 is 0.794 bits per heavy atom. The number of hydrogen-bond acceptors (Lipinski definition) is 5. The predicted molar refractivity (Wildman–Crippen MR) is 146 cm³/mol. The summed E-state index contributed by atoms with van der Waals surface area (Å²) >= 11 is 0. The lowest BCUT2D eigenvalue weighted by Gasteiger charge is -2.22. The highest BCUT2D eigenvalue weighted by atomic mass is 16.5. The summed E-state index contributed by atoms with van der Waals surface area (Å²) < 4.78 is 4.42. The van der Waals surface area contributed by atoms with Gasteiger partial charge in [-0.25, -0.2) is 0 Å². The number of nitrogens with one attached hydrogen (secondary N) is 1. The Kier molecular flexibility index (Phi) is 24.1. The lowest BCUT2D eigenvalue weighted by atomic mass is 9.92. The molecule has 0 aromatic heterocycles. The predicted octanol–water partition coefficient (Wildman–Crippen LogP) is 5.09. The number of hydrogen-bond donors (Lipinski definition) is 1. The van der Waals surface area contributed by atoms with Gasteiger partial charge < -0.3 is 19.9 Å². The zero-order valence-electron chi connectivity index (χ0n) is 25.5. The van der Waals surface area contributed by atoms with Gasteiger partial charge in [0.1, 0.15) is 0 Å². The third-order valence-corrected chi connectivity index (χ3v) is 3.64. The van der Waals surface area contributed by atoms with E-state index in [1.54, 1.807) is 26.0 Å².